The first-order valence-corrected chi connectivity index (χ1v) is 7.58. The van der Waals surface area contributed by atoms with Gasteiger partial charge in [0, 0.05) is 5.33 Å². The molecule has 3 nitrogen and oxygen atoms in total. The molecule has 5 heteroatoms. The SMILES string of the molecule is CCCCBr.Cc1ccc(S(=O)(=O)O)cc1. The molecular formula is C11H17BrO3S. The van der Waals surface area contributed by atoms with Crippen LogP contribution in [-0.4, -0.2) is 18.3 Å². The van der Waals surface area contributed by atoms with E-state index >= 15 is 0 Å². The third-order valence-corrected chi connectivity index (χ3v) is 3.23. The Kier molecular flexibility index (Phi) is 7.62. The van der Waals surface area contributed by atoms with Gasteiger partial charge >= 0.3 is 0 Å². The van der Waals surface area contributed by atoms with E-state index in [0.717, 1.165) is 10.9 Å². The van der Waals surface area contributed by atoms with Crippen molar-refractivity contribution >= 4 is 26.0 Å². The summed E-state index contributed by atoms with van der Waals surface area (Å²) in [5, 5.41) is 1.16. The minimum absolute atomic E-state index is 0.0666. The zero-order valence-corrected chi connectivity index (χ0v) is 11.9. The van der Waals surface area contributed by atoms with Gasteiger partial charge in [-0.25, -0.2) is 0 Å². The molecule has 0 fully saturated rings. The van der Waals surface area contributed by atoms with Crippen LogP contribution in [0.2, 0.25) is 0 Å². The van der Waals surface area contributed by atoms with Gasteiger partial charge in [-0.05, 0) is 25.5 Å². The Morgan fingerprint density at radius 2 is 1.75 bits per heavy atom. The zero-order chi connectivity index (χ0) is 12.6. The summed E-state index contributed by atoms with van der Waals surface area (Å²) in [7, 11) is -4.02. The first-order valence-electron chi connectivity index (χ1n) is 5.02. The largest absolute Gasteiger partial charge is 0.294 e. The third kappa shape index (κ3) is 6.98. The van der Waals surface area contributed by atoms with Crippen LogP contribution in [0.15, 0.2) is 29.2 Å². The van der Waals surface area contributed by atoms with Crippen LogP contribution < -0.4 is 0 Å². The molecule has 92 valence electrons. The molecule has 0 saturated heterocycles. The van der Waals surface area contributed by atoms with Gasteiger partial charge in [-0.1, -0.05) is 47.0 Å². The van der Waals surface area contributed by atoms with Crippen LogP contribution in [0, 0.1) is 6.92 Å². The lowest BCUT2D eigenvalue weighted by Gasteiger charge is -1.95. The molecule has 1 rings (SSSR count). The zero-order valence-electron chi connectivity index (χ0n) is 9.48. The highest BCUT2D eigenvalue weighted by atomic mass is 79.9. The van der Waals surface area contributed by atoms with Gasteiger partial charge in [0.2, 0.25) is 0 Å². The standard InChI is InChI=1S/C7H8O3S.C4H9Br/c1-6-2-4-7(5-3-6)11(8,9)10;1-2-3-4-5/h2-5H,1H3,(H,8,9,10);2-4H2,1H3. The minimum Gasteiger partial charge on any atom is -0.282 e. The smallest absolute Gasteiger partial charge is 0.282 e. The lowest BCUT2D eigenvalue weighted by Crippen LogP contribution is -1.96. The van der Waals surface area contributed by atoms with Crippen molar-refractivity contribution in [1.82, 2.24) is 0 Å². The van der Waals surface area contributed by atoms with E-state index in [2.05, 4.69) is 22.9 Å². The number of halogens is 1. The second-order valence-electron chi connectivity index (χ2n) is 3.33. The van der Waals surface area contributed by atoms with Crippen molar-refractivity contribution in [1.29, 1.82) is 0 Å². The second kappa shape index (κ2) is 7.81. The van der Waals surface area contributed by atoms with E-state index in [1.54, 1.807) is 12.1 Å². The van der Waals surface area contributed by atoms with Crippen molar-refractivity contribution in [2.24, 2.45) is 0 Å². The van der Waals surface area contributed by atoms with E-state index in [4.69, 9.17) is 4.55 Å². The summed E-state index contributed by atoms with van der Waals surface area (Å²) in [6.07, 6.45) is 2.60. The highest BCUT2D eigenvalue weighted by Gasteiger charge is 2.06. The summed E-state index contributed by atoms with van der Waals surface area (Å²) in [5.74, 6) is 0. The Hall–Kier alpha value is -0.390. The summed E-state index contributed by atoms with van der Waals surface area (Å²) >= 11 is 3.31. The molecule has 1 N–H and O–H groups in total. The average Bonchev–Trinajstić information content (AvgIpc) is 2.19. The van der Waals surface area contributed by atoms with Crippen LogP contribution in [0.3, 0.4) is 0 Å². The quantitative estimate of drug-likeness (QED) is 0.687. The van der Waals surface area contributed by atoms with E-state index in [1.807, 2.05) is 6.92 Å². The summed E-state index contributed by atoms with van der Waals surface area (Å²) in [4.78, 5) is -0.0666. The van der Waals surface area contributed by atoms with Gasteiger partial charge in [0.25, 0.3) is 10.1 Å². The van der Waals surface area contributed by atoms with Gasteiger partial charge in [-0.2, -0.15) is 8.42 Å². The fraction of sp³-hybridized carbons (Fsp3) is 0.455. The molecule has 0 aliphatic rings. The molecule has 0 atom stereocenters. The van der Waals surface area contributed by atoms with E-state index < -0.39 is 10.1 Å². The van der Waals surface area contributed by atoms with Gasteiger partial charge in [0.05, 0.1) is 4.90 Å². The predicted octanol–water partition coefficient (Wildman–Crippen LogP) is 3.42. The van der Waals surface area contributed by atoms with Gasteiger partial charge in [-0.3, -0.25) is 4.55 Å². The van der Waals surface area contributed by atoms with Crippen molar-refractivity contribution < 1.29 is 13.0 Å². The summed E-state index contributed by atoms with van der Waals surface area (Å²) < 4.78 is 29.6. The molecule has 0 aromatic heterocycles. The van der Waals surface area contributed by atoms with Crippen molar-refractivity contribution in [3.05, 3.63) is 29.8 Å². The van der Waals surface area contributed by atoms with Gasteiger partial charge in [0.1, 0.15) is 0 Å². The van der Waals surface area contributed by atoms with Gasteiger partial charge < -0.3 is 0 Å². The third-order valence-electron chi connectivity index (χ3n) is 1.81. The number of hydrogen-bond acceptors (Lipinski definition) is 2. The van der Waals surface area contributed by atoms with Crippen molar-refractivity contribution in [3.8, 4) is 0 Å². The number of unbranched alkanes of at least 4 members (excludes halogenated alkanes) is 1. The lowest BCUT2D eigenvalue weighted by molar-refractivity contribution is 0.483. The van der Waals surface area contributed by atoms with Crippen LogP contribution in [0.25, 0.3) is 0 Å². The van der Waals surface area contributed by atoms with E-state index in [-0.39, 0.29) is 4.90 Å². The van der Waals surface area contributed by atoms with Crippen LogP contribution >= 0.6 is 15.9 Å². The van der Waals surface area contributed by atoms with Crippen molar-refractivity contribution in [3.63, 3.8) is 0 Å². The molecule has 16 heavy (non-hydrogen) atoms. The molecule has 0 bridgehead atoms. The van der Waals surface area contributed by atoms with E-state index in [9.17, 15) is 8.42 Å². The second-order valence-corrected chi connectivity index (χ2v) is 5.55. The van der Waals surface area contributed by atoms with E-state index in [0.29, 0.717) is 0 Å². The molecule has 0 aliphatic heterocycles. The Labute approximate surface area is 106 Å². The van der Waals surface area contributed by atoms with Crippen LogP contribution in [-0.2, 0) is 10.1 Å². The lowest BCUT2D eigenvalue weighted by atomic mass is 10.2. The maximum atomic E-state index is 10.5. The van der Waals surface area contributed by atoms with Crippen molar-refractivity contribution in [2.45, 2.75) is 31.6 Å². The molecule has 1 aromatic rings. The number of benzene rings is 1. The van der Waals surface area contributed by atoms with Crippen LogP contribution in [0.5, 0.6) is 0 Å². The summed E-state index contributed by atoms with van der Waals surface area (Å²) in [5.41, 5.74) is 0.956. The highest BCUT2D eigenvalue weighted by Crippen LogP contribution is 2.08. The van der Waals surface area contributed by atoms with E-state index in [1.165, 1.54) is 25.0 Å². The predicted molar refractivity (Wildman–Crippen MR) is 69.7 cm³/mol. The summed E-state index contributed by atoms with van der Waals surface area (Å²) in [6.45, 7) is 4.02. The number of aryl methyl sites for hydroxylation is 1. The Balaban J connectivity index is 0.000000385. The minimum atomic E-state index is -4.02. The molecule has 0 aliphatic carbocycles. The molecule has 0 heterocycles. The molecule has 0 unspecified atom stereocenters. The maximum absolute atomic E-state index is 10.5. The van der Waals surface area contributed by atoms with Gasteiger partial charge in [0.15, 0.2) is 0 Å². The number of hydrogen-bond donors (Lipinski definition) is 1. The number of alkyl halides is 1. The topological polar surface area (TPSA) is 54.4 Å². The average molecular weight is 309 g/mol. The summed E-state index contributed by atoms with van der Waals surface area (Å²) in [6, 6.07) is 5.99. The van der Waals surface area contributed by atoms with Gasteiger partial charge in [-0.15, -0.1) is 0 Å². The first kappa shape index (κ1) is 15.6. The fourth-order valence-corrected chi connectivity index (χ4v) is 1.88. The first-order chi connectivity index (χ1) is 7.41. The molecular weight excluding hydrogens is 292 g/mol. The molecule has 1 aromatic carbocycles. The van der Waals surface area contributed by atoms with Crippen LogP contribution in [0.4, 0.5) is 0 Å². The number of rotatable bonds is 3. The molecule has 0 saturated carbocycles. The van der Waals surface area contributed by atoms with Crippen LogP contribution in [0.1, 0.15) is 25.3 Å². The Morgan fingerprint density at radius 1 is 1.25 bits per heavy atom. The monoisotopic (exact) mass is 308 g/mol. The maximum Gasteiger partial charge on any atom is 0.294 e. The highest BCUT2D eigenvalue weighted by molar-refractivity contribution is 9.09. The van der Waals surface area contributed by atoms with Crippen molar-refractivity contribution in [2.75, 3.05) is 5.33 Å². The Bertz CT molecular complexity index is 382. The molecule has 0 spiro atoms. The normalized spacial score (nSPS) is 10.5. The molecule has 0 radical (unpaired) electrons. The Morgan fingerprint density at radius 3 is 2.00 bits per heavy atom. The fourth-order valence-electron chi connectivity index (χ4n) is 0.844. The molecule has 0 amide bonds.